The van der Waals surface area contributed by atoms with Gasteiger partial charge in [0.15, 0.2) is 0 Å². The predicted octanol–water partition coefficient (Wildman–Crippen LogP) is 5.02. The molecule has 0 N–H and O–H groups in total. The third-order valence-electron chi connectivity index (χ3n) is 5.06. The highest BCUT2D eigenvalue weighted by atomic mass is 19.4. The number of halogens is 4. The van der Waals surface area contributed by atoms with Crippen molar-refractivity contribution in [2.45, 2.75) is 25.4 Å². The molecule has 0 aliphatic heterocycles. The quantitative estimate of drug-likeness (QED) is 0.351. The van der Waals surface area contributed by atoms with Gasteiger partial charge in [-0.05, 0) is 52.9 Å². The van der Waals surface area contributed by atoms with Crippen LogP contribution in [-0.2, 0) is 35.0 Å². The number of alkyl halides is 3. The normalized spacial score (nSPS) is 13.0. The Morgan fingerprint density at radius 3 is 2.48 bits per heavy atom. The molecule has 0 amide bonds. The molecule has 148 valence electrons. The SMILES string of the molecule is O=C(Cc1c(F)cccc1C(F)(F)F)OC(=O)c1ccc2cccc3c2c1CC3. The van der Waals surface area contributed by atoms with Crippen LogP contribution in [0.2, 0.25) is 0 Å². The zero-order chi connectivity index (χ0) is 20.8. The van der Waals surface area contributed by atoms with E-state index in [-0.39, 0.29) is 5.56 Å². The summed E-state index contributed by atoms with van der Waals surface area (Å²) in [4.78, 5) is 24.6. The molecule has 0 fully saturated rings. The summed E-state index contributed by atoms with van der Waals surface area (Å²) in [6.45, 7) is 0. The first kappa shape index (κ1) is 19.1. The molecule has 0 atom stereocenters. The molecule has 3 nitrogen and oxygen atoms in total. The monoisotopic (exact) mass is 402 g/mol. The minimum absolute atomic E-state index is 0.195. The summed E-state index contributed by atoms with van der Waals surface area (Å²) in [5, 5.41) is 1.89. The standard InChI is InChI=1S/C22H14F4O3/c23-18-6-2-5-17(22(24,25)26)16(18)11-19(27)29-21(28)15-10-8-13-4-1-3-12-7-9-14(15)20(12)13/h1-6,8,10H,7,9,11H2. The molecule has 0 aromatic heterocycles. The molecule has 0 bridgehead atoms. The average Bonchev–Trinajstić information content (AvgIpc) is 3.08. The highest BCUT2D eigenvalue weighted by Gasteiger charge is 2.35. The molecule has 3 aromatic rings. The van der Waals surface area contributed by atoms with Gasteiger partial charge in [0.1, 0.15) is 5.82 Å². The number of aryl methyl sites for hydroxylation is 2. The number of rotatable bonds is 3. The van der Waals surface area contributed by atoms with E-state index in [1.54, 1.807) is 6.07 Å². The summed E-state index contributed by atoms with van der Waals surface area (Å²) >= 11 is 0. The van der Waals surface area contributed by atoms with Gasteiger partial charge in [-0.3, -0.25) is 4.79 Å². The highest BCUT2D eigenvalue weighted by molar-refractivity contribution is 6.04. The van der Waals surface area contributed by atoms with Crippen molar-refractivity contribution in [2.24, 2.45) is 0 Å². The van der Waals surface area contributed by atoms with Crippen LogP contribution in [0.5, 0.6) is 0 Å². The molecular formula is C22H14F4O3. The Labute approximate surface area is 162 Å². The van der Waals surface area contributed by atoms with Gasteiger partial charge in [-0.25, -0.2) is 9.18 Å². The van der Waals surface area contributed by atoms with Gasteiger partial charge < -0.3 is 4.74 Å². The fraction of sp³-hybridized carbons (Fsp3) is 0.182. The number of carbonyl (C=O) groups excluding carboxylic acids is 2. The second-order valence-electron chi connectivity index (χ2n) is 6.81. The van der Waals surface area contributed by atoms with Crippen molar-refractivity contribution in [3.8, 4) is 0 Å². The molecule has 0 heterocycles. The number of hydrogen-bond acceptors (Lipinski definition) is 3. The third-order valence-corrected chi connectivity index (χ3v) is 5.06. The molecule has 0 saturated carbocycles. The average molecular weight is 402 g/mol. The van der Waals surface area contributed by atoms with Gasteiger partial charge in [0.05, 0.1) is 17.5 Å². The first-order chi connectivity index (χ1) is 13.8. The zero-order valence-electron chi connectivity index (χ0n) is 15.0. The molecule has 7 heteroatoms. The Kier molecular flexibility index (Phi) is 4.61. The van der Waals surface area contributed by atoms with E-state index in [1.165, 1.54) is 6.07 Å². The summed E-state index contributed by atoms with van der Waals surface area (Å²) < 4.78 is 57.9. The third kappa shape index (κ3) is 3.48. The maximum absolute atomic E-state index is 13.9. The van der Waals surface area contributed by atoms with Gasteiger partial charge in [0, 0.05) is 5.56 Å². The van der Waals surface area contributed by atoms with E-state index in [9.17, 15) is 27.2 Å². The van der Waals surface area contributed by atoms with Crippen LogP contribution < -0.4 is 0 Å². The summed E-state index contributed by atoms with van der Waals surface area (Å²) in [5.74, 6) is -3.38. The van der Waals surface area contributed by atoms with E-state index in [1.807, 2.05) is 18.2 Å². The van der Waals surface area contributed by atoms with Crippen LogP contribution in [0.15, 0.2) is 48.5 Å². The van der Waals surface area contributed by atoms with E-state index < -0.39 is 41.5 Å². The number of ether oxygens (including phenoxy) is 1. The lowest BCUT2D eigenvalue weighted by Crippen LogP contribution is -2.19. The van der Waals surface area contributed by atoms with Crippen LogP contribution in [0, 0.1) is 5.82 Å². The molecule has 0 saturated heterocycles. The first-order valence-corrected chi connectivity index (χ1v) is 8.89. The van der Waals surface area contributed by atoms with Crippen LogP contribution in [0.25, 0.3) is 10.8 Å². The Hall–Kier alpha value is -3.22. The van der Waals surface area contributed by atoms with Crippen LogP contribution in [-0.4, -0.2) is 11.9 Å². The van der Waals surface area contributed by atoms with Crippen molar-refractivity contribution in [2.75, 3.05) is 0 Å². The summed E-state index contributed by atoms with van der Waals surface area (Å²) in [5.41, 5.74) is -0.0863. The maximum atomic E-state index is 13.9. The smallest absolute Gasteiger partial charge is 0.389 e. The van der Waals surface area contributed by atoms with Gasteiger partial charge in [-0.1, -0.05) is 30.3 Å². The molecule has 0 radical (unpaired) electrons. The minimum Gasteiger partial charge on any atom is -0.389 e. The highest BCUT2D eigenvalue weighted by Crippen LogP contribution is 2.35. The zero-order valence-corrected chi connectivity index (χ0v) is 15.0. The Morgan fingerprint density at radius 2 is 1.72 bits per heavy atom. The Balaban J connectivity index is 1.59. The van der Waals surface area contributed by atoms with Crippen molar-refractivity contribution in [3.63, 3.8) is 0 Å². The van der Waals surface area contributed by atoms with E-state index in [0.29, 0.717) is 12.5 Å². The Morgan fingerprint density at radius 1 is 0.966 bits per heavy atom. The van der Waals surface area contributed by atoms with Crippen LogP contribution >= 0.6 is 0 Å². The first-order valence-electron chi connectivity index (χ1n) is 8.89. The lowest BCUT2D eigenvalue weighted by atomic mass is 10.00. The van der Waals surface area contributed by atoms with Crippen molar-refractivity contribution in [3.05, 3.63) is 82.2 Å². The Bertz CT molecular complexity index is 1150. The summed E-state index contributed by atoms with van der Waals surface area (Å²) in [6.07, 6.45) is -4.49. The number of hydrogen-bond donors (Lipinski definition) is 0. The largest absolute Gasteiger partial charge is 0.416 e. The molecule has 1 aliphatic carbocycles. The van der Waals surface area contributed by atoms with Gasteiger partial charge in [-0.15, -0.1) is 0 Å². The number of esters is 2. The lowest BCUT2D eigenvalue weighted by Gasteiger charge is -2.13. The fourth-order valence-electron chi connectivity index (χ4n) is 3.80. The molecular weight excluding hydrogens is 388 g/mol. The summed E-state index contributed by atoms with van der Waals surface area (Å²) in [7, 11) is 0. The van der Waals surface area contributed by atoms with E-state index in [2.05, 4.69) is 0 Å². The molecule has 0 spiro atoms. The van der Waals surface area contributed by atoms with E-state index >= 15 is 0 Å². The molecule has 3 aromatic carbocycles. The van der Waals surface area contributed by atoms with Gasteiger partial charge in [-0.2, -0.15) is 13.2 Å². The van der Waals surface area contributed by atoms with Gasteiger partial charge >= 0.3 is 18.1 Å². The molecule has 1 aliphatic rings. The van der Waals surface area contributed by atoms with Gasteiger partial charge in [0.2, 0.25) is 0 Å². The van der Waals surface area contributed by atoms with E-state index in [4.69, 9.17) is 4.74 Å². The van der Waals surface area contributed by atoms with Crippen molar-refractivity contribution in [1.29, 1.82) is 0 Å². The van der Waals surface area contributed by atoms with Crippen molar-refractivity contribution < 1.29 is 31.9 Å². The van der Waals surface area contributed by atoms with Gasteiger partial charge in [0.25, 0.3) is 0 Å². The topological polar surface area (TPSA) is 43.4 Å². The number of benzene rings is 3. The molecule has 4 rings (SSSR count). The van der Waals surface area contributed by atoms with Crippen molar-refractivity contribution >= 4 is 22.7 Å². The predicted molar refractivity (Wildman–Crippen MR) is 96.9 cm³/mol. The van der Waals surface area contributed by atoms with Crippen LogP contribution in [0.3, 0.4) is 0 Å². The molecule has 0 unspecified atom stereocenters. The van der Waals surface area contributed by atoms with Crippen LogP contribution in [0.1, 0.15) is 32.6 Å². The fourth-order valence-corrected chi connectivity index (χ4v) is 3.80. The van der Waals surface area contributed by atoms with Crippen LogP contribution in [0.4, 0.5) is 17.6 Å². The molecule has 29 heavy (non-hydrogen) atoms. The van der Waals surface area contributed by atoms with E-state index in [0.717, 1.165) is 40.5 Å². The van der Waals surface area contributed by atoms with Crippen molar-refractivity contribution in [1.82, 2.24) is 0 Å². The second kappa shape index (κ2) is 6.99. The number of carbonyl (C=O) groups is 2. The lowest BCUT2D eigenvalue weighted by molar-refractivity contribution is -0.140. The maximum Gasteiger partial charge on any atom is 0.416 e. The summed E-state index contributed by atoms with van der Waals surface area (Å²) in [6, 6.07) is 11.5. The second-order valence-corrected chi connectivity index (χ2v) is 6.81. The minimum atomic E-state index is -4.83.